The van der Waals surface area contributed by atoms with Gasteiger partial charge in [-0.3, -0.25) is 0 Å². The maximum absolute atomic E-state index is 9.00. The first-order chi connectivity index (χ1) is 10.2. The minimum atomic E-state index is 0.621. The number of halogens is 1. The van der Waals surface area contributed by atoms with E-state index in [0.29, 0.717) is 25.3 Å². The van der Waals surface area contributed by atoms with Gasteiger partial charge in [-0.1, -0.05) is 40.2 Å². The van der Waals surface area contributed by atoms with Crippen LogP contribution in [0.25, 0.3) is 0 Å². The molecule has 0 fully saturated rings. The Labute approximate surface area is 133 Å². The molecule has 0 saturated carbocycles. The van der Waals surface area contributed by atoms with E-state index in [0.717, 1.165) is 10.2 Å². The first kappa shape index (κ1) is 15.6. The molecule has 0 atom stereocenters. The Morgan fingerprint density at radius 2 is 1.95 bits per heavy atom. The normalized spacial score (nSPS) is 10.1. The summed E-state index contributed by atoms with van der Waals surface area (Å²) in [7, 11) is 0. The number of hydrogen-bond acceptors (Lipinski definition) is 3. The van der Waals surface area contributed by atoms with Gasteiger partial charge in [0.25, 0.3) is 0 Å². The van der Waals surface area contributed by atoms with Gasteiger partial charge in [0.05, 0.1) is 18.2 Å². The number of nitrogens with one attached hydrogen (secondary N) is 1. The van der Waals surface area contributed by atoms with Gasteiger partial charge in [-0.2, -0.15) is 5.26 Å². The van der Waals surface area contributed by atoms with Crippen molar-refractivity contribution in [2.45, 2.75) is 20.1 Å². The third-order valence-corrected chi connectivity index (χ3v) is 3.55. The average molecular weight is 345 g/mol. The van der Waals surface area contributed by atoms with Gasteiger partial charge in [0.2, 0.25) is 0 Å². The lowest BCUT2D eigenvalue weighted by Gasteiger charge is -2.12. The molecule has 2 aromatic carbocycles. The zero-order valence-corrected chi connectivity index (χ0v) is 13.5. The van der Waals surface area contributed by atoms with Crippen LogP contribution in [0, 0.1) is 11.3 Å². The highest BCUT2D eigenvalue weighted by Crippen LogP contribution is 2.20. The van der Waals surface area contributed by atoms with Gasteiger partial charge >= 0.3 is 0 Å². The lowest BCUT2D eigenvalue weighted by atomic mass is 10.1. The standard InChI is InChI=1S/C17H17BrN2O/c1-2-21-12-15-6-4-3-5-14(15)11-20-17-8-13(10-19)7-16(18)9-17/h3-9,20H,2,11-12H2,1H3. The second-order valence-corrected chi connectivity index (χ2v) is 5.52. The van der Waals surface area contributed by atoms with Crippen LogP contribution >= 0.6 is 15.9 Å². The molecule has 0 aromatic heterocycles. The molecule has 2 rings (SSSR count). The third kappa shape index (κ3) is 4.59. The van der Waals surface area contributed by atoms with E-state index in [1.165, 1.54) is 11.1 Å². The Hall–Kier alpha value is -1.83. The molecule has 108 valence electrons. The van der Waals surface area contributed by atoms with Crippen molar-refractivity contribution < 1.29 is 4.74 Å². The number of hydrogen-bond donors (Lipinski definition) is 1. The topological polar surface area (TPSA) is 45.0 Å². The van der Waals surface area contributed by atoms with Gasteiger partial charge in [-0.05, 0) is 36.2 Å². The number of ether oxygens (including phenoxy) is 1. The van der Waals surface area contributed by atoms with Crippen molar-refractivity contribution >= 4 is 21.6 Å². The molecule has 0 saturated heterocycles. The SMILES string of the molecule is CCOCc1ccccc1CNc1cc(Br)cc(C#N)c1. The number of benzene rings is 2. The summed E-state index contributed by atoms with van der Waals surface area (Å²) < 4.78 is 6.38. The van der Waals surface area contributed by atoms with Crippen molar-refractivity contribution in [1.82, 2.24) is 0 Å². The summed E-state index contributed by atoms with van der Waals surface area (Å²) in [5.74, 6) is 0. The number of nitriles is 1. The molecule has 0 amide bonds. The van der Waals surface area contributed by atoms with Crippen LogP contribution in [0.1, 0.15) is 23.6 Å². The summed E-state index contributed by atoms with van der Waals surface area (Å²) >= 11 is 3.42. The summed E-state index contributed by atoms with van der Waals surface area (Å²) in [6.45, 7) is 4.02. The predicted molar refractivity (Wildman–Crippen MR) is 88.0 cm³/mol. The molecule has 0 aliphatic carbocycles. The van der Waals surface area contributed by atoms with Crippen LogP contribution in [-0.2, 0) is 17.9 Å². The second kappa shape index (κ2) is 7.82. The van der Waals surface area contributed by atoms with Crippen LogP contribution in [0.15, 0.2) is 46.9 Å². The largest absolute Gasteiger partial charge is 0.381 e. The lowest BCUT2D eigenvalue weighted by Crippen LogP contribution is -2.04. The highest BCUT2D eigenvalue weighted by atomic mass is 79.9. The molecule has 0 heterocycles. The van der Waals surface area contributed by atoms with E-state index in [-0.39, 0.29) is 0 Å². The molecule has 21 heavy (non-hydrogen) atoms. The van der Waals surface area contributed by atoms with Gasteiger partial charge < -0.3 is 10.1 Å². The van der Waals surface area contributed by atoms with E-state index in [1.807, 2.05) is 31.2 Å². The smallest absolute Gasteiger partial charge is 0.0992 e. The van der Waals surface area contributed by atoms with E-state index in [2.05, 4.69) is 39.4 Å². The molecule has 4 heteroatoms. The Morgan fingerprint density at radius 1 is 1.19 bits per heavy atom. The highest BCUT2D eigenvalue weighted by Gasteiger charge is 2.03. The van der Waals surface area contributed by atoms with Crippen molar-refractivity contribution in [2.24, 2.45) is 0 Å². The molecule has 0 aliphatic rings. The maximum Gasteiger partial charge on any atom is 0.0992 e. The zero-order chi connectivity index (χ0) is 15.1. The predicted octanol–water partition coefficient (Wildman–Crippen LogP) is 4.47. The zero-order valence-electron chi connectivity index (χ0n) is 11.9. The average Bonchev–Trinajstić information content (AvgIpc) is 2.51. The number of anilines is 1. The monoisotopic (exact) mass is 344 g/mol. The van der Waals surface area contributed by atoms with Crippen molar-refractivity contribution in [2.75, 3.05) is 11.9 Å². The number of rotatable bonds is 6. The molecule has 3 nitrogen and oxygen atoms in total. The minimum absolute atomic E-state index is 0.621. The quantitative estimate of drug-likeness (QED) is 0.840. The summed E-state index contributed by atoms with van der Waals surface area (Å²) in [6, 6.07) is 16.0. The Kier molecular flexibility index (Phi) is 5.79. The van der Waals surface area contributed by atoms with Gasteiger partial charge in [0.1, 0.15) is 0 Å². The molecular weight excluding hydrogens is 328 g/mol. The summed E-state index contributed by atoms with van der Waals surface area (Å²) in [4.78, 5) is 0. The van der Waals surface area contributed by atoms with E-state index >= 15 is 0 Å². The van der Waals surface area contributed by atoms with Crippen molar-refractivity contribution in [3.8, 4) is 6.07 Å². The van der Waals surface area contributed by atoms with Crippen molar-refractivity contribution in [3.05, 3.63) is 63.6 Å². The van der Waals surface area contributed by atoms with Crippen LogP contribution in [-0.4, -0.2) is 6.61 Å². The minimum Gasteiger partial charge on any atom is -0.381 e. The molecule has 0 bridgehead atoms. The van der Waals surface area contributed by atoms with Crippen LogP contribution in [0.3, 0.4) is 0 Å². The Morgan fingerprint density at radius 3 is 2.67 bits per heavy atom. The first-order valence-corrected chi connectivity index (χ1v) is 7.61. The van der Waals surface area contributed by atoms with Gasteiger partial charge in [-0.15, -0.1) is 0 Å². The highest BCUT2D eigenvalue weighted by molar-refractivity contribution is 9.10. The van der Waals surface area contributed by atoms with Crippen LogP contribution in [0.4, 0.5) is 5.69 Å². The fourth-order valence-corrected chi connectivity index (χ4v) is 2.53. The molecule has 1 N–H and O–H groups in total. The lowest BCUT2D eigenvalue weighted by molar-refractivity contribution is 0.133. The fourth-order valence-electron chi connectivity index (χ4n) is 2.04. The molecule has 2 aromatic rings. The molecule has 0 radical (unpaired) electrons. The van der Waals surface area contributed by atoms with Gasteiger partial charge in [0.15, 0.2) is 0 Å². The van der Waals surface area contributed by atoms with E-state index < -0.39 is 0 Å². The van der Waals surface area contributed by atoms with Crippen LogP contribution < -0.4 is 5.32 Å². The molecular formula is C17H17BrN2O. The van der Waals surface area contributed by atoms with E-state index in [9.17, 15) is 0 Å². The molecule has 0 spiro atoms. The summed E-state index contributed by atoms with van der Waals surface area (Å²) in [6.07, 6.45) is 0. The van der Waals surface area contributed by atoms with Gasteiger partial charge in [0, 0.05) is 23.3 Å². The Balaban J connectivity index is 2.09. The second-order valence-electron chi connectivity index (χ2n) is 4.60. The van der Waals surface area contributed by atoms with E-state index in [4.69, 9.17) is 10.00 Å². The van der Waals surface area contributed by atoms with Gasteiger partial charge in [-0.25, -0.2) is 0 Å². The molecule has 0 aliphatic heterocycles. The maximum atomic E-state index is 9.00. The van der Waals surface area contributed by atoms with Crippen LogP contribution in [0.2, 0.25) is 0 Å². The van der Waals surface area contributed by atoms with Crippen LogP contribution in [0.5, 0.6) is 0 Å². The van der Waals surface area contributed by atoms with E-state index in [1.54, 1.807) is 6.07 Å². The Bertz CT molecular complexity index is 649. The third-order valence-electron chi connectivity index (χ3n) is 3.09. The summed E-state index contributed by atoms with van der Waals surface area (Å²) in [5, 5.41) is 12.4. The molecule has 0 unspecified atom stereocenters. The first-order valence-electron chi connectivity index (χ1n) is 6.82. The van der Waals surface area contributed by atoms with Crippen molar-refractivity contribution in [3.63, 3.8) is 0 Å². The number of nitrogens with zero attached hydrogens (tertiary/aromatic N) is 1. The summed E-state index contributed by atoms with van der Waals surface area (Å²) in [5.41, 5.74) is 3.94. The fraction of sp³-hybridized carbons (Fsp3) is 0.235. The van der Waals surface area contributed by atoms with Crippen molar-refractivity contribution in [1.29, 1.82) is 5.26 Å².